The van der Waals surface area contributed by atoms with Gasteiger partial charge in [-0.1, -0.05) is 38.5 Å². The Balaban J connectivity index is 3.22. The minimum Gasteiger partial charge on any atom is -0.508 e. The Morgan fingerprint density at radius 1 is 1.21 bits per heavy atom. The first-order valence-electron chi connectivity index (χ1n) is 5.33. The summed E-state index contributed by atoms with van der Waals surface area (Å²) in [6.45, 7) is 8.62. The molecule has 0 aliphatic heterocycles. The molecule has 0 heterocycles. The topological polar surface area (TPSA) is 20.2 Å². The number of hydrogen-bond donors (Lipinski definition) is 1. The lowest BCUT2D eigenvalue weighted by molar-refractivity contribution is 0.397. The Labute approximate surface area is 86.8 Å². The second-order valence-corrected chi connectivity index (χ2v) is 4.29. The van der Waals surface area contributed by atoms with Crippen molar-refractivity contribution in [3.05, 3.63) is 29.3 Å². The molecule has 0 atom stereocenters. The molecular weight excluding hydrogens is 172 g/mol. The minimum absolute atomic E-state index is 0.107. The Bertz CT molecular complexity index is 311. The van der Waals surface area contributed by atoms with Crippen molar-refractivity contribution < 1.29 is 5.11 Å². The third-order valence-corrected chi connectivity index (χ3v) is 3.36. The summed E-state index contributed by atoms with van der Waals surface area (Å²) in [7, 11) is 0. The second kappa shape index (κ2) is 4.04. The first-order valence-corrected chi connectivity index (χ1v) is 5.33. The van der Waals surface area contributed by atoms with Crippen LogP contribution in [-0.2, 0) is 5.41 Å². The fraction of sp³-hybridized carbons (Fsp3) is 0.538. The van der Waals surface area contributed by atoms with Crippen molar-refractivity contribution in [3.63, 3.8) is 0 Å². The third kappa shape index (κ3) is 1.92. The van der Waals surface area contributed by atoms with Gasteiger partial charge in [0.05, 0.1) is 0 Å². The fourth-order valence-electron chi connectivity index (χ4n) is 1.76. The van der Waals surface area contributed by atoms with Crippen LogP contribution >= 0.6 is 0 Å². The zero-order valence-electron chi connectivity index (χ0n) is 9.59. The maximum absolute atomic E-state index is 9.83. The molecule has 1 rings (SSSR count). The van der Waals surface area contributed by atoms with E-state index in [9.17, 15) is 5.11 Å². The number of aromatic hydroxyl groups is 1. The van der Waals surface area contributed by atoms with Crippen molar-refractivity contribution in [2.45, 2.75) is 46.0 Å². The van der Waals surface area contributed by atoms with Crippen LogP contribution in [0.4, 0.5) is 0 Å². The summed E-state index contributed by atoms with van der Waals surface area (Å²) < 4.78 is 0. The first kappa shape index (κ1) is 11.1. The number of phenolic OH excluding ortho intramolecular Hbond substituents is 1. The van der Waals surface area contributed by atoms with Crippen LogP contribution in [0.5, 0.6) is 5.75 Å². The Hall–Kier alpha value is -0.980. The molecule has 0 aliphatic carbocycles. The second-order valence-electron chi connectivity index (χ2n) is 4.29. The molecule has 0 aromatic heterocycles. The van der Waals surface area contributed by atoms with E-state index in [4.69, 9.17) is 0 Å². The zero-order valence-corrected chi connectivity index (χ0v) is 9.59. The molecule has 0 radical (unpaired) electrons. The quantitative estimate of drug-likeness (QED) is 0.772. The zero-order chi connectivity index (χ0) is 10.8. The Kier molecular flexibility index (Phi) is 3.20. The van der Waals surface area contributed by atoms with E-state index in [1.807, 2.05) is 6.07 Å². The largest absolute Gasteiger partial charge is 0.508 e. The van der Waals surface area contributed by atoms with E-state index in [0.29, 0.717) is 5.75 Å². The number of phenols is 1. The Morgan fingerprint density at radius 3 is 2.29 bits per heavy atom. The average molecular weight is 192 g/mol. The smallest absolute Gasteiger partial charge is 0.119 e. The summed E-state index contributed by atoms with van der Waals surface area (Å²) in [6, 6.07) is 5.85. The van der Waals surface area contributed by atoms with Crippen LogP contribution in [0.25, 0.3) is 0 Å². The predicted octanol–water partition coefficient (Wildman–Crippen LogP) is 3.78. The van der Waals surface area contributed by atoms with Gasteiger partial charge in [-0.2, -0.15) is 0 Å². The molecule has 0 fully saturated rings. The first-order chi connectivity index (χ1) is 6.53. The van der Waals surface area contributed by atoms with Crippen LogP contribution < -0.4 is 0 Å². The van der Waals surface area contributed by atoms with Gasteiger partial charge in [-0.25, -0.2) is 0 Å². The van der Waals surface area contributed by atoms with Crippen LogP contribution in [0.3, 0.4) is 0 Å². The van der Waals surface area contributed by atoms with Gasteiger partial charge < -0.3 is 5.11 Å². The number of hydrogen-bond acceptors (Lipinski definition) is 1. The van der Waals surface area contributed by atoms with E-state index in [2.05, 4.69) is 33.8 Å². The Morgan fingerprint density at radius 2 is 1.79 bits per heavy atom. The number of rotatable bonds is 3. The highest BCUT2D eigenvalue weighted by Gasteiger charge is 2.25. The summed E-state index contributed by atoms with van der Waals surface area (Å²) in [5.74, 6) is 0.432. The van der Waals surface area contributed by atoms with Gasteiger partial charge in [-0.15, -0.1) is 0 Å². The molecule has 0 saturated heterocycles. The maximum Gasteiger partial charge on any atom is 0.119 e. The predicted molar refractivity (Wildman–Crippen MR) is 60.8 cm³/mol. The van der Waals surface area contributed by atoms with Crippen LogP contribution in [0.1, 0.15) is 44.7 Å². The van der Waals surface area contributed by atoms with Crippen molar-refractivity contribution in [2.75, 3.05) is 0 Å². The van der Waals surface area contributed by atoms with Crippen molar-refractivity contribution in [1.82, 2.24) is 0 Å². The molecule has 1 heteroatoms. The monoisotopic (exact) mass is 192 g/mol. The SMILES string of the molecule is CCC(C)(CC)c1cc(C)ccc1O. The summed E-state index contributed by atoms with van der Waals surface area (Å²) in [4.78, 5) is 0. The van der Waals surface area contributed by atoms with Crippen molar-refractivity contribution in [3.8, 4) is 5.75 Å². The summed E-state index contributed by atoms with van der Waals surface area (Å²) in [5, 5.41) is 9.83. The van der Waals surface area contributed by atoms with E-state index in [-0.39, 0.29) is 5.41 Å². The van der Waals surface area contributed by atoms with E-state index in [1.54, 1.807) is 6.07 Å². The lowest BCUT2D eigenvalue weighted by atomic mass is 9.77. The molecule has 1 nitrogen and oxygen atoms in total. The van der Waals surface area contributed by atoms with Gasteiger partial charge in [-0.3, -0.25) is 0 Å². The number of benzene rings is 1. The summed E-state index contributed by atoms with van der Waals surface area (Å²) in [5.41, 5.74) is 2.41. The normalized spacial score (nSPS) is 11.7. The van der Waals surface area contributed by atoms with E-state index in [0.717, 1.165) is 18.4 Å². The maximum atomic E-state index is 9.83. The minimum atomic E-state index is 0.107. The highest BCUT2D eigenvalue weighted by atomic mass is 16.3. The molecule has 0 bridgehead atoms. The van der Waals surface area contributed by atoms with Gasteiger partial charge in [0.25, 0.3) is 0 Å². The summed E-state index contributed by atoms with van der Waals surface area (Å²) >= 11 is 0. The van der Waals surface area contributed by atoms with Gasteiger partial charge in [0.2, 0.25) is 0 Å². The molecule has 1 aromatic carbocycles. The third-order valence-electron chi connectivity index (χ3n) is 3.36. The molecule has 0 saturated carbocycles. The van der Waals surface area contributed by atoms with Gasteiger partial charge in [-0.05, 0) is 31.2 Å². The van der Waals surface area contributed by atoms with Crippen molar-refractivity contribution in [1.29, 1.82) is 0 Å². The van der Waals surface area contributed by atoms with Crippen LogP contribution in [0.15, 0.2) is 18.2 Å². The standard InChI is InChI=1S/C13H20O/c1-5-13(4,6-2)11-9-10(3)7-8-12(11)14/h7-9,14H,5-6H2,1-4H3. The van der Waals surface area contributed by atoms with E-state index in [1.165, 1.54) is 5.56 Å². The molecule has 0 amide bonds. The molecule has 1 N–H and O–H groups in total. The summed E-state index contributed by atoms with van der Waals surface area (Å²) in [6.07, 6.45) is 2.11. The van der Waals surface area contributed by atoms with Crippen LogP contribution in [0, 0.1) is 6.92 Å². The molecular formula is C13H20O. The molecule has 1 aromatic rings. The molecule has 0 unspecified atom stereocenters. The van der Waals surface area contributed by atoms with Crippen molar-refractivity contribution >= 4 is 0 Å². The van der Waals surface area contributed by atoms with Crippen LogP contribution in [0.2, 0.25) is 0 Å². The number of aryl methyl sites for hydroxylation is 1. The molecule has 14 heavy (non-hydrogen) atoms. The highest BCUT2D eigenvalue weighted by molar-refractivity contribution is 5.40. The highest BCUT2D eigenvalue weighted by Crippen LogP contribution is 2.36. The van der Waals surface area contributed by atoms with Crippen LogP contribution in [-0.4, -0.2) is 5.11 Å². The lowest BCUT2D eigenvalue weighted by Crippen LogP contribution is -2.19. The molecule has 0 spiro atoms. The van der Waals surface area contributed by atoms with Crippen molar-refractivity contribution in [2.24, 2.45) is 0 Å². The van der Waals surface area contributed by atoms with Gasteiger partial charge in [0.15, 0.2) is 0 Å². The molecule has 78 valence electrons. The van der Waals surface area contributed by atoms with Gasteiger partial charge >= 0.3 is 0 Å². The van der Waals surface area contributed by atoms with E-state index >= 15 is 0 Å². The van der Waals surface area contributed by atoms with Gasteiger partial charge in [0, 0.05) is 5.56 Å². The van der Waals surface area contributed by atoms with Gasteiger partial charge in [0.1, 0.15) is 5.75 Å². The average Bonchev–Trinajstić information content (AvgIpc) is 2.20. The lowest BCUT2D eigenvalue weighted by Gasteiger charge is -2.28. The molecule has 0 aliphatic rings. The van der Waals surface area contributed by atoms with E-state index < -0.39 is 0 Å². The fourth-order valence-corrected chi connectivity index (χ4v) is 1.76.